The van der Waals surface area contributed by atoms with Crippen LogP contribution >= 0.6 is 12.4 Å². The number of hydrogen-bond donors (Lipinski definition) is 1. The van der Waals surface area contributed by atoms with Crippen LogP contribution in [0.15, 0.2) is 24.5 Å². The Bertz CT molecular complexity index is 751. The van der Waals surface area contributed by atoms with E-state index in [9.17, 15) is 13.2 Å². The number of aromatic nitrogens is 2. The van der Waals surface area contributed by atoms with Gasteiger partial charge in [-0.3, -0.25) is 0 Å². The van der Waals surface area contributed by atoms with Crippen LogP contribution in [0.2, 0.25) is 0 Å². The van der Waals surface area contributed by atoms with Gasteiger partial charge in [-0.05, 0) is 43.6 Å². The lowest BCUT2D eigenvalue weighted by atomic mass is 9.72. The molecule has 0 saturated carbocycles. The van der Waals surface area contributed by atoms with Gasteiger partial charge in [-0.2, -0.15) is 13.2 Å². The minimum Gasteiger partial charge on any atom is -0.355 e. The second-order valence-corrected chi connectivity index (χ2v) is 6.95. The molecule has 0 amide bonds. The third-order valence-electron chi connectivity index (χ3n) is 5.10. The first-order chi connectivity index (χ1) is 11.4. The molecule has 25 heavy (non-hydrogen) atoms. The smallest absolute Gasteiger partial charge is 0.355 e. The lowest BCUT2D eigenvalue weighted by molar-refractivity contribution is -0.127. The van der Waals surface area contributed by atoms with Crippen molar-refractivity contribution in [2.75, 3.05) is 31.1 Å². The van der Waals surface area contributed by atoms with E-state index in [1.54, 1.807) is 12.1 Å². The minimum absolute atomic E-state index is 0. The van der Waals surface area contributed by atoms with Gasteiger partial charge in [-0.1, -0.05) is 6.07 Å². The number of nitrogens with one attached hydrogen (secondary N) is 1. The van der Waals surface area contributed by atoms with Crippen LogP contribution < -0.4 is 10.2 Å². The normalized spacial score (nSPS) is 19.6. The summed E-state index contributed by atoms with van der Waals surface area (Å²) in [5.74, 6) is 0.758. The van der Waals surface area contributed by atoms with Gasteiger partial charge in [0.2, 0.25) is 0 Å². The standard InChI is InChI=1S/C17H19F3N4.ClH/c18-17(19,20)8-12-1-2-14-13(7-12)15(23-11-22-14)24-9-16(10-24)3-5-21-6-4-16;/h1-2,7,11,21H,3-6,8-10H2;1H. The molecule has 1 N–H and O–H groups in total. The number of benzene rings is 1. The van der Waals surface area contributed by atoms with E-state index >= 15 is 0 Å². The average Bonchev–Trinajstić information content (AvgIpc) is 2.51. The first-order valence-electron chi connectivity index (χ1n) is 8.20. The van der Waals surface area contributed by atoms with Crippen molar-refractivity contribution in [3.63, 3.8) is 0 Å². The number of fused-ring (bicyclic) bond motifs is 1. The maximum atomic E-state index is 12.7. The fraction of sp³-hybridized carbons (Fsp3) is 0.529. The van der Waals surface area contributed by atoms with Crippen LogP contribution in [-0.4, -0.2) is 42.3 Å². The van der Waals surface area contributed by atoms with Crippen LogP contribution in [0.5, 0.6) is 0 Å². The predicted molar refractivity (Wildman–Crippen MR) is 93.3 cm³/mol. The Morgan fingerprint density at radius 3 is 2.52 bits per heavy atom. The van der Waals surface area contributed by atoms with E-state index in [4.69, 9.17) is 0 Å². The SMILES string of the molecule is Cl.FC(F)(F)Cc1ccc2ncnc(N3CC4(CCNCC4)C3)c2c1. The number of halogens is 4. The Hall–Kier alpha value is -1.60. The molecule has 2 saturated heterocycles. The summed E-state index contributed by atoms with van der Waals surface area (Å²) < 4.78 is 38.0. The number of alkyl halides is 3. The van der Waals surface area contributed by atoms with Gasteiger partial charge in [0, 0.05) is 23.9 Å². The summed E-state index contributed by atoms with van der Waals surface area (Å²) in [5, 5.41) is 4.08. The highest BCUT2D eigenvalue weighted by atomic mass is 35.5. The van der Waals surface area contributed by atoms with E-state index in [0.29, 0.717) is 16.3 Å². The molecule has 2 aliphatic heterocycles. The fourth-order valence-corrected chi connectivity index (χ4v) is 3.87. The maximum Gasteiger partial charge on any atom is 0.393 e. The third kappa shape index (κ3) is 3.67. The molecule has 0 aliphatic carbocycles. The summed E-state index contributed by atoms with van der Waals surface area (Å²) >= 11 is 0. The van der Waals surface area contributed by atoms with Gasteiger partial charge in [0.05, 0.1) is 11.9 Å². The van der Waals surface area contributed by atoms with Crippen molar-refractivity contribution in [3.8, 4) is 0 Å². The minimum atomic E-state index is -4.21. The summed E-state index contributed by atoms with van der Waals surface area (Å²) in [6, 6.07) is 4.74. The van der Waals surface area contributed by atoms with E-state index < -0.39 is 12.6 Å². The molecular weight excluding hydrogens is 353 g/mol. The first-order valence-corrected chi connectivity index (χ1v) is 8.20. The molecule has 0 radical (unpaired) electrons. The van der Waals surface area contributed by atoms with E-state index in [1.807, 2.05) is 0 Å². The zero-order chi connectivity index (χ0) is 16.8. The average molecular weight is 373 g/mol. The first kappa shape index (κ1) is 18.2. The van der Waals surface area contributed by atoms with E-state index in [1.165, 1.54) is 12.4 Å². The van der Waals surface area contributed by atoms with E-state index in [2.05, 4.69) is 20.2 Å². The van der Waals surface area contributed by atoms with Crippen molar-refractivity contribution in [2.24, 2.45) is 5.41 Å². The van der Waals surface area contributed by atoms with Crippen molar-refractivity contribution in [2.45, 2.75) is 25.4 Å². The number of rotatable bonds is 2. The third-order valence-corrected chi connectivity index (χ3v) is 5.10. The molecular formula is C17H20ClF3N4. The molecule has 1 aromatic heterocycles. The molecule has 2 aliphatic rings. The molecule has 4 nitrogen and oxygen atoms in total. The zero-order valence-corrected chi connectivity index (χ0v) is 14.5. The molecule has 1 aromatic carbocycles. The summed E-state index contributed by atoms with van der Waals surface area (Å²) in [6.45, 7) is 3.91. The lowest BCUT2D eigenvalue weighted by Gasteiger charge is -2.53. The second-order valence-electron chi connectivity index (χ2n) is 6.95. The van der Waals surface area contributed by atoms with Crippen molar-refractivity contribution >= 4 is 29.1 Å². The van der Waals surface area contributed by atoms with Gasteiger partial charge >= 0.3 is 6.18 Å². The summed E-state index contributed by atoms with van der Waals surface area (Å²) in [7, 11) is 0. The van der Waals surface area contributed by atoms with Gasteiger partial charge in [0.25, 0.3) is 0 Å². The summed E-state index contributed by atoms with van der Waals surface area (Å²) in [4.78, 5) is 10.7. The van der Waals surface area contributed by atoms with Gasteiger partial charge in [-0.15, -0.1) is 12.4 Å². The fourth-order valence-electron chi connectivity index (χ4n) is 3.87. The predicted octanol–water partition coefficient (Wildman–Crippen LogP) is 3.35. The van der Waals surface area contributed by atoms with Crippen molar-refractivity contribution < 1.29 is 13.2 Å². The number of nitrogens with zero attached hydrogens (tertiary/aromatic N) is 3. The van der Waals surface area contributed by atoms with Gasteiger partial charge in [0.1, 0.15) is 12.1 Å². The van der Waals surface area contributed by atoms with Crippen LogP contribution in [0.4, 0.5) is 19.0 Å². The summed E-state index contributed by atoms with van der Waals surface area (Å²) in [6.07, 6.45) is -1.35. The Labute approximate surface area is 150 Å². The monoisotopic (exact) mass is 372 g/mol. The van der Waals surface area contributed by atoms with Crippen LogP contribution in [-0.2, 0) is 6.42 Å². The topological polar surface area (TPSA) is 41.1 Å². The molecule has 0 atom stereocenters. The highest BCUT2D eigenvalue weighted by Crippen LogP contribution is 2.42. The van der Waals surface area contributed by atoms with Gasteiger partial charge in [-0.25, -0.2) is 9.97 Å². The molecule has 4 rings (SSSR count). The Balaban J connectivity index is 0.00000182. The molecule has 136 valence electrons. The molecule has 8 heteroatoms. The molecule has 2 aromatic rings. The van der Waals surface area contributed by atoms with Crippen LogP contribution in [0, 0.1) is 5.41 Å². The van der Waals surface area contributed by atoms with Crippen LogP contribution in [0.25, 0.3) is 10.9 Å². The number of anilines is 1. The van der Waals surface area contributed by atoms with E-state index in [0.717, 1.165) is 44.8 Å². The van der Waals surface area contributed by atoms with Crippen LogP contribution in [0.3, 0.4) is 0 Å². The molecule has 3 heterocycles. The Morgan fingerprint density at radius 2 is 1.84 bits per heavy atom. The van der Waals surface area contributed by atoms with Gasteiger partial charge in [0.15, 0.2) is 0 Å². The largest absolute Gasteiger partial charge is 0.393 e. The number of hydrogen-bond acceptors (Lipinski definition) is 4. The Kier molecular flexibility index (Phi) is 4.81. The van der Waals surface area contributed by atoms with Crippen molar-refractivity contribution in [1.82, 2.24) is 15.3 Å². The highest BCUT2D eigenvalue weighted by Gasteiger charge is 2.44. The number of piperidine rings is 1. The van der Waals surface area contributed by atoms with Crippen molar-refractivity contribution in [1.29, 1.82) is 0 Å². The molecule has 2 fully saturated rings. The molecule has 0 unspecified atom stereocenters. The van der Waals surface area contributed by atoms with Crippen LogP contribution in [0.1, 0.15) is 18.4 Å². The zero-order valence-electron chi connectivity index (χ0n) is 13.6. The highest BCUT2D eigenvalue weighted by molar-refractivity contribution is 5.90. The molecule has 0 bridgehead atoms. The van der Waals surface area contributed by atoms with E-state index in [-0.39, 0.29) is 18.0 Å². The summed E-state index contributed by atoms with van der Waals surface area (Å²) in [5.41, 5.74) is 1.28. The van der Waals surface area contributed by atoms with Gasteiger partial charge < -0.3 is 10.2 Å². The Morgan fingerprint density at radius 1 is 1.12 bits per heavy atom. The van der Waals surface area contributed by atoms with Crippen molar-refractivity contribution in [3.05, 3.63) is 30.1 Å². The second kappa shape index (κ2) is 6.61. The quantitative estimate of drug-likeness (QED) is 0.877. The molecule has 1 spiro atoms. The lowest BCUT2D eigenvalue weighted by Crippen LogP contribution is -2.60. The maximum absolute atomic E-state index is 12.7.